The summed E-state index contributed by atoms with van der Waals surface area (Å²) in [6.07, 6.45) is 9.22. The van der Waals surface area contributed by atoms with Crippen LogP contribution >= 0.6 is 0 Å². The summed E-state index contributed by atoms with van der Waals surface area (Å²) in [5, 5.41) is 18.6. The number of ether oxygens (including phenoxy) is 1. The molecule has 0 bridgehead atoms. The van der Waals surface area contributed by atoms with E-state index in [1.54, 1.807) is 0 Å². The van der Waals surface area contributed by atoms with E-state index >= 15 is 0 Å². The molecule has 124 valence electrons. The summed E-state index contributed by atoms with van der Waals surface area (Å²) in [6.45, 7) is 4.72. The smallest absolute Gasteiger partial charge is 0.119 e. The van der Waals surface area contributed by atoms with Gasteiger partial charge in [-0.25, -0.2) is 0 Å². The monoisotopic (exact) mass is 306 g/mol. The van der Waals surface area contributed by atoms with Crippen molar-refractivity contribution in [2.24, 2.45) is 5.41 Å². The first-order valence-corrected chi connectivity index (χ1v) is 8.18. The molecule has 0 fully saturated rings. The number of rotatable bonds is 11. The summed E-state index contributed by atoms with van der Waals surface area (Å²) in [5.74, 6) is 0.905. The predicted octanol–water partition coefficient (Wildman–Crippen LogP) is 3.74. The first-order valence-electron chi connectivity index (χ1n) is 8.18. The minimum atomic E-state index is -0.401. The lowest BCUT2D eigenvalue weighted by atomic mass is 9.86. The van der Waals surface area contributed by atoms with Crippen molar-refractivity contribution in [2.75, 3.05) is 19.8 Å². The molecule has 1 aromatic carbocycles. The van der Waals surface area contributed by atoms with Crippen LogP contribution in [0, 0.1) is 5.41 Å². The van der Waals surface area contributed by atoms with E-state index in [1.807, 2.05) is 26.0 Å². The van der Waals surface area contributed by atoms with E-state index in [-0.39, 0.29) is 13.2 Å². The molecule has 0 amide bonds. The molecule has 0 aliphatic carbocycles. The normalized spacial score (nSPS) is 12.0. The van der Waals surface area contributed by atoms with Crippen LogP contribution in [0.4, 0.5) is 0 Å². The molecule has 22 heavy (non-hydrogen) atoms. The molecule has 0 radical (unpaired) electrons. The van der Waals surface area contributed by atoms with Gasteiger partial charge in [0.2, 0.25) is 0 Å². The third-order valence-electron chi connectivity index (χ3n) is 3.97. The number of hydrogen-bond donors (Lipinski definition) is 2. The summed E-state index contributed by atoms with van der Waals surface area (Å²) in [7, 11) is 0. The summed E-state index contributed by atoms with van der Waals surface area (Å²) >= 11 is 0. The maximum Gasteiger partial charge on any atom is 0.119 e. The molecule has 0 aliphatic heterocycles. The van der Waals surface area contributed by atoms with Gasteiger partial charge >= 0.3 is 0 Å². The van der Waals surface area contributed by atoms with Gasteiger partial charge in [0.05, 0.1) is 19.8 Å². The molecule has 0 aliphatic rings. The molecule has 0 saturated heterocycles. The van der Waals surface area contributed by atoms with E-state index in [0.717, 1.165) is 44.5 Å². The van der Waals surface area contributed by atoms with E-state index in [9.17, 15) is 10.2 Å². The van der Waals surface area contributed by atoms with Crippen LogP contribution in [0.15, 0.2) is 36.4 Å². The van der Waals surface area contributed by atoms with Crippen LogP contribution in [-0.4, -0.2) is 30.0 Å². The second kappa shape index (κ2) is 10.4. The standard InChI is InChI=1S/C19H30O3/c1-3-4-5-6-7-14-22-18-10-8-17(9-11-18)12-13-19(2,15-20)16-21/h3-4,8-11,20-21H,5-7,12-16H2,1-2H3/b4-3-. The fourth-order valence-corrected chi connectivity index (χ4v) is 2.13. The van der Waals surface area contributed by atoms with Crippen molar-refractivity contribution in [3.05, 3.63) is 42.0 Å². The van der Waals surface area contributed by atoms with E-state index < -0.39 is 5.41 Å². The molecule has 0 atom stereocenters. The Morgan fingerprint density at radius 3 is 2.36 bits per heavy atom. The van der Waals surface area contributed by atoms with Crippen LogP contribution in [0.1, 0.15) is 45.1 Å². The Balaban J connectivity index is 2.31. The van der Waals surface area contributed by atoms with Gasteiger partial charge in [0.25, 0.3) is 0 Å². The van der Waals surface area contributed by atoms with Crippen molar-refractivity contribution in [3.8, 4) is 5.75 Å². The highest BCUT2D eigenvalue weighted by Gasteiger charge is 2.21. The van der Waals surface area contributed by atoms with Crippen LogP contribution in [0.25, 0.3) is 0 Å². The van der Waals surface area contributed by atoms with E-state index in [1.165, 1.54) is 5.56 Å². The fraction of sp³-hybridized carbons (Fsp3) is 0.579. The topological polar surface area (TPSA) is 49.7 Å². The molecule has 3 nitrogen and oxygen atoms in total. The third-order valence-corrected chi connectivity index (χ3v) is 3.97. The number of allylic oxidation sites excluding steroid dienone is 2. The van der Waals surface area contributed by atoms with Crippen molar-refractivity contribution in [1.29, 1.82) is 0 Å². The Morgan fingerprint density at radius 2 is 1.77 bits per heavy atom. The molecule has 0 heterocycles. The van der Waals surface area contributed by atoms with Gasteiger partial charge in [0.15, 0.2) is 0 Å². The van der Waals surface area contributed by atoms with Gasteiger partial charge in [-0.05, 0) is 56.7 Å². The second-order valence-electron chi connectivity index (χ2n) is 6.18. The van der Waals surface area contributed by atoms with Gasteiger partial charge < -0.3 is 14.9 Å². The van der Waals surface area contributed by atoms with Crippen LogP contribution in [0.5, 0.6) is 5.75 Å². The highest BCUT2D eigenvalue weighted by Crippen LogP contribution is 2.23. The highest BCUT2D eigenvalue weighted by molar-refractivity contribution is 5.27. The summed E-state index contributed by atoms with van der Waals surface area (Å²) in [4.78, 5) is 0. The maximum atomic E-state index is 9.30. The second-order valence-corrected chi connectivity index (χ2v) is 6.18. The molecular weight excluding hydrogens is 276 g/mol. The number of aliphatic hydroxyl groups excluding tert-OH is 2. The largest absolute Gasteiger partial charge is 0.494 e. The molecule has 0 unspecified atom stereocenters. The lowest BCUT2D eigenvalue weighted by Crippen LogP contribution is -2.26. The van der Waals surface area contributed by atoms with Gasteiger partial charge in [-0.15, -0.1) is 0 Å². The first kappa shape index (κ1) is 18.7. The Kier molecular flexibility index (Phi) is 8.86. The van der Waals surface area contributed by atoms with Gasteiger partial charge in [0.1, 0.15) is 5.75 Å². The fourth-order valence-electron chi connectivity index (χ4n) is 2.13. The van der Waals surface area contributed by atoms with Crippen molar-refractivity contribution in [3.63, 3.8) is 0 Å². The summed E-state index contributed by atoms with van der Waals surface area (Å²) in [6, 6.07) is 8.11. The predicted molar refractivity (Wildman–Crippen MR) is 91.2 cm³/mol. The van der Waals surface area contributed by atoms with E-state index in [2.05, 4.69) is 24.3 Å². The average Bonchev–Trinajstić information content (AvgIpc) is 2.57. The molecule has 0 saturated carbocycles. The minimum Gasteiger partial charge on any atom is -0.494 e. The van der Waals surface area contributed by atoms with Gasteiger partial charge in [0, 0.05) is 5.41 Å². The van der Waals surface area contributed by atoms with Crippen molar-refractivity contribution < 1.29 is 14.9 Å². The summed E-state index contributed by atoms with van der Waals surface area (Å²) < 4.78 is 5.72. The highest BCUT2D eigenvalue weighted by atomic mass is 16.5. The first-order chi connectivity index (χ1) is 10.6. The molecular formula is C19H30O3. The van der Waals surface area contributed by atoms with Crippen LogP contribution < -0.4 is 4.74 Å². The van der Waals surface area contributed by atoms with Crippen molar-refractivity contribution >= 4 is 0 Å². The van der Waals surface area contributed by atoms with Gasteiger partial charge in [-0.3, -0.25) is 0 Å². The lowest BCUT2D eigenvalue weighted by molar-refractivity contribution is 0.0631. The van der Waals surface area contributed by atoms with Gasteiger partial charge in [-0.2, -0.15) is 0 Å². The maximum absolute atomic E-state index is 9.30. The summed E-state index contributed by atoms with van der Waals surface area (Å²) in [5.41, 5.74) is 0.802. The molecule has 1 rings (SSSR count). The molecule has 0 aromatic heterocycles. The molecule has 0 spiro atoms. The van der Waals surface area contributed by atoms with E-state index in [4.69, 9.17) is 4.74 Å². The average molecular weight is 306 g/mol. The number of hydrogen-bond acceptors (Lipinski definition) is 3. The lowest BCUT2D eigenvalue weighted by Gasteiger charge is -2.24. The van der Waals surface area contributed by atoms with Gasteiger partial charge in [-0.1, -0.05) is 31.2 Å². The Hall–Kier alpha value is -1.32. The Morgan fingerprint density at radius 1 is 1.09 bits per heavy atom. The van der Waals surface area contributed by atoms with Crippen LogP contribution in [0.3, 0.4) is 0 Å². The Labute approximate surface area is 134 Å². The zero-order valence-corrected chi connectivity index (χ0v) is 13.9. The molecule has 1 aromatic rings. The Bertz CT molecular complexity index is 419. The third kappa shape index (κ3) is 7.10. The number of aliphatic hydroxyl groups is 2. The van der Waals surface area contributed by atoms with Crippen molar-refractivity contribution in [2.45, 2.75) is 46.0 Å². The minimum absolute atomic E-state index is 0.0118. The zero-order chi connectivity index (χ0) is 16.3. The van der Waals surface area contributed by atoms with Crippen LogP contribution in [0.2, 0.25) is 0 Å². The van der Waals surface area contributed by atoms with Crippen molar-refractivity contribution in [1.82, 2.24) is 0 Å². The zero-order valence-electron chi connectivity index (χ0n) is 13.9. The quantitative estimate of drug-likeness (QED) is 0.484. The van der Waals surface area contributed by atoms with E-state index in [0.29, 0.717) is 0 Å². The molecule has 3 heteroatoms. The SMILES string of the molecule is C/C=C\CCCCOc1ccc(CCC(C)(CO)CO)cc1. The number of aryl methyl sites for hydroxylation is 1. The van der Waals surface area contributed by atoms with Crippen LogP contribution in [-0.2, 0) is 6.42 Å². The number of unbranched alkanes of at least 4 members (excludes halogenated alkanes) is 2. The number of benzene rings is 1. The molecule has 2 N–H and O–H groups in total.